The largest absolute Gasteiger partial charge is 0.278 e. The molecule has 0 N–H and O–H groups in total. The van der Waals surface area contributed by atoms with E-state index < -0.39 is 0 Å². The molecule has 0 bridgehead atoms. The summed E-state index contributed by atoms with van der Waals surface area (Å²) in [5.74, 6) is 0.718. The molecule has 7 rings (SSSR count). The molecule has 2 heterocycles. The first-order valence-electron chi connectivity index (χ1n) is 11.7. The summed E-state index contributed by atoms with van der Waals surface area (Å²) in [5, 5.41) is 4.96. The maximum absolute atomic E-state index is 5.20. The van der Waals surface area contributed by atoms with Gasteiger partial charge in [0.25, 0.3) is 0 Å². The van der Waals surface area contributed by atoms with Crippen LogP contribution >= 0.6 is 0 Å². The Bertz CT molecular complexity index is 1770. The number of allylic oxidation sites excluding steroid dienone is 1. The Morgan fingerprint density at radius 1 is 0.676 bits per heavy atom. The fraction of sp³-hybridized carbons (Fsp3) is 0.0968. The maximum atomic E-state index is 5.20. The van der Waals surface area contributed by atoms with Crippen LogP contribution in [0.4, 0.5) is 0 Å². The highest BCUT2D eigenvalue weighted by atomic mass is 15.2. The zero-order chi connectivity index (χ0) is 22.9. The first kappa shape index (κ1) is 19.2. The third kappa shape index (κ3) is 2.64. The molecule has 34 heavy (non-hydrogen) atoms. The molecule has 0 saturated heterocycles. The number of benzene rings is 4. The topological polar surface area (TPSA) is 30.7 Å². The Kier molecular flexibility index (Phi) is 3.89. The normalized spacial score (nSPS) is 14.3. The highest BCUT2D eigenvalue weighted by Gasteiger charge is 2.31. The van der Waals surface area contributed by atoms with Crippen LogP contribution in [0, 0.1) is 0 Å². The summed E-state index contributed by atoms with van der Waals surface area (Å²) < 4.78 is 2.23. The van der Waals surface area contributed by atoms with Crippen LogP contribution in [0.1, 0.15) is 25.1 Å². The summed E-state index contributed by atoms with van der Waals surface area (Å²) in [7, 11) is 0. The van der Waals surface area contributed by atoms with Gasteiger partial charge in [-0.2, -0.15) is 0 Å². The van der Waals surface area contributed by atoms with Gasteiger partial charge in [-0.3, -0.25) is 4.57 Å². The van der Waals surface area contributed by atoms with E-state index in [-0.39, 0.29) is 5.41 Å². The van der Waals surface area contributed by atoms with Gasteiger partial charge in [-0.1, -0.05) is 105 Å². The van der Waals surface area contributed by atoms with E-state index in [2.05, 4.69) is 115 Å². The molecule has 0 unspecified atom stereocenters. The minimum atomic E-state index is -0.151. The van der Waals surface area contributed by atoms with Crippen LogP contribution in [0.5, 0.6) is 0 Å². The molecule has 6 aromatic rings. The van der Waals surface area contributed by atoms with E-state index in [0.29, 0.717) is 0 Å². The van der Waals surface area contributed by atoms with Gasteiger partial charge in [-0.15, -0.1) is 0 Å². The van der Waals surface area contributed by atoms with E-state index in [1.807, 2.05) is 6.07 Å². The zero-order valence-electron chi connectivity index (χ0n) is 19.2. The molecule has 0 aliphatic heterocycles. The molecule has 0 radical (unpaired) electrons. The van der Waals surface area contributed by atoms with Crippen LogP contribution in [-0.4, -0.2) is 14.5 Å². The monoisotopic (exact) mass is 437 g/mol. The van der Waals surface area contributed by atoms with Crippen molar-refractivity contribution in [1.82, 2.24) is 14.5 Å². The van der Waals surface area contributed by atoms with Gasteiger partial charge in [0.2, 0.25) is 5.95 Å². The van der Waals surface area contributed by atoms with Crippen molar-refractivity contribution in [3.8, 4) is 17.2 Å². The molecule has 0 amide bonds. The van der Waals surface area contributed by atoms with Gasteiger partial charge in [0.05, 0.1) is 22.4 Å². The lowest BCUT2D eigenvalue weighted by atomic mass is 9.91. The van der Waals surface area contributed by atoms with E-state index >= 15 is 0 Å². The lowest BCUT2D eigenvalue weighted by Gasteiger charge is -2.19. The number of hydrogen-bond acceptors (Lipinski definition) is 2. The number of fused-ring (bicyclic) bond motifs is 6. The van der Waals surface area contributed by atoms with Crippen LogP contribution in [0.2, 0.25) is 0 Å². The standard InChI is InChI=1S/C31H23N3/c1-31(2)19-18-24-28(21-11-4-3-5-12-21)32-30(33-29(24)31)34-25-15-9-8-14-23(25)27-22-13-7-6-10-20(22)16-17-26(27)34/h3-19H,1-2H3. The average molecular weight is 438 g/mol. The number of nitrogens with zero attached hydrogens (tertiary/aromatic N) is 3. The summed E-state index contributed by atoms with van der Waals surface area (Å²) in [6, 6.07) is 32.0. The minimum Gasteiger partial charge on any atom is -0.278 e. The van der Waals surface area contributed by atoms with Crippen LogP contribution in [0.3, 0.4) is 0 Å². The molecule has 3 nitrogen and oxygen atoms in total. The molecule has 0 fully saturated rings. The lowest BCUT2D eigenvalue weighted by Crippen LogP contribution is -2.16. The van der Waals surface area contributed by atoms with Crippen molar-refractivity contribution >= 4 is 38.7 Å². The van der Waals surface area contributed by atoms with E-state index in [1.54, 1.807) is 0 Å². The highest BCUT2D eigenvalue weighted by Crippen LogP contribution is 2.41. The van der Waals surface area contributed by atoms with E-state index in [9.17, 15) is 0 Å². The van der Waals surface area contributed by atoms with Gasteiger partial charge < -0.3 is 0 Å². The number of aromatic nitrogens is 3. The predicted molar refractivity (Wildman–Crippen MR) is 141 cm³/mol. The fourth-order valence-electron chi connectivity index (χ4n) is 5.35. The van der Waals surface area contributed by atoms with E-state index in [0.717, 1.165) is 39.5 Å². The van der Waals surface area contributed by atoms with Crippen molar-refractivity contribution in [2.75, 3.05) is 0 Å². The third-order valence-corrected chi connectivity index (χ3v) is 7.02. The van der Waals surface area contributed by atoms with Crippen molar-refractivity contribution < 1.29 is 0 Å². The van der Waals surface area contributed by atoms with E-state index in [4.69, 9.17) is 9.97 Å². The molecule has 3 heteroatoms. The maximum Gasteiger partial charge on any atom is 0.235 e. The molecule has 1 aliphatic rings. The van der Waals surface area contributed by atoms with Gasteiger partial charge in [0.15, 0.2) is 0 Å². The second-order valence-electron chi connectivity index (χ2n) is 9.59. The molecular weight excluding hydrogens is 414 g/mol. The van der Waals surface area contributed by atoms with Crippen molar-refractivity contribution in [1.29, 1.82) is 0 Å². The van der Waals surface area contributed by atoms with Crippen LogP contribution in [0.15, 0.2) is 97.1 Å². The van der Waals surface area contributed by atoms with Crippen molar-refractivity contribution in [3.05, 3.63) is 108 Å². The molecule has 0 saturated carbocycles. The Morgan fingerprint density at radius 3 is 2.26 bits per heavy atom. The smallest absolute Gasteiger partial charge is 0.235 e. The van der Waals surface area contributed by atoms with Crippen LogP contribution in [-0.2, 0) is 5.41 Å². The third-order valence-electron chi connectivity index (χ3n) is 7.02. The van der Waals surface area contributed by atoms with Crippen molar-refractivity contribution in [3.63, 3.8) is 0 Å². The zero-order valence-corrected chi connectivity index (χ0v) is 19.2. The Labute approximate surface area is 198 Å². The first-order valence-corrected chi connectivity index (χ1v) is 11.7. The SMILES string of the molecule is CC1(C)C=Cc2c(-c3ccccc3)nc(-n3c4ccccc4c4c5ccccc5ccc43)nc21. The van der Waals surface area contributed by atoms with Crippen molar-refractivity contribution in [2.24, 2.45) is 0 Å². The molecule has 0 spiro atoms. The molecule has 0 atom stereocenters. The molecular formula is C31H23N3. The summed E-state index contributed by atoms with van der Waals surface area (Å²) >= 11 is 0. The van der Waals surface area contributed by atoms with Gasteiger partial charge >= 0.3 is 0 Å². The van der Waals surface area contributed by atoms with Crippen LogP contribution in [0.25, 0.3) is 55.9 Å². The Balaban J connectivity index is 1.63. The number of rotatable bonds is 2. The Morgan fingerprint density at radius 2 is 1.41 bits per heavy atom. The van der Waals surface area contributed by atoms with Gasteiger partial charge in [0, 0.05) is 27.3 Å². The summed E-state index contributed by atoms with van der Waals surface area (Å²) in [4.78, 5) is 10.4. The van der Waals surface area contributed by atoms with Crippen LogP contribution < -0.4 is 0 Å². The number of hydrogen-bond donors (Lipinski definition) is 0. The molecule has 1 aliphatic carbocycles. The van der Waals surface area contributed by atoms with E-state index in [1.165, 1.54) is 21.5 Å². The van der Waals surface area contributed by atoms with Crippen molar-refractivity contribution in [2.45, 2.75) is 19.3 Å². The molecule has 2 aromatic heterocycles. The minimum absolute atomic E-state index is 0.151. The van der Waals surface area contributed by atoms with Gasteiger partial charge in [-0.25, -0.2) is 9.97 Å². The summed E-state index contributed by atoms with van der Waals surface area (Å²) in [6.45, 7) is 4.44. The summed E-state index contributed by atoms with van der Waals surface area (Å²) in [6.07, 6.45) is 4.42. The predicted octanol–water partition coefficient (Wildman–Crippen LogP) is 7.70. The molecule has 4 aromatic carbocycles. The average Bonchev–Trinajstić information content (AvgIpc) is 3.38. The second kappa shape index (κ2) is 6.88. The highest BCUT2D eigenvalue weighted by molar-refractivity contribution is 6.21. The second-order valence-corrected chi connectivity index (χ2v) is 9.59. The van der Waals surface area contributed by atoms with Gasteiger partial charge in [0.1, 0.15) is 0 Å². The van der Waals surface area contributed by atoms with Gasteiger partial charge in [-0.05, 0) is 22.9 Å². The Hall–Kier alpha value is -4.24. The fourth-order valence-corrected chi connectivity index (χ4v) is 5.35. The summed E-state index contributed by atoms with van der Waals surface area (Å²) in [5.41, 5.74) is 6.38. The molecule has 162 valence electrons. The quantitative estimate of drug-likeness (QED) is 0.278. The number of para-hydroxylation sites is 1. The first-order chi connectivity index (χ1) is 16.6. The lowest BCUT2D eigenvalue weighted by molar-refractivity contribution is 0.651.